The van der Waals surface area contributed by atoms with Gasteiger partial charge in [0.25, 0.3) is 5.91 Å². The van der Waals surface area contributed by atoms with Crippen LogP contribution in [-0.4, -0.2) is 33.9 Å². The molecular weight excluding hydrogens is 358 g/mol. The van der Waals surface area contributed by atoms with E-state index in [4.69, 9.17) is 4.98 Å². The molecule has 1 fully saturated rings. The average molecular weight is 386 g/mol. The van der Waals surface area contributed by atoms with Crippen molar-refractivity contribution in [3.8, 4) is 0 Å². The van der Waals surface area contributed by atoms with Gasteiger partial charge in [0.2, 0.25) is 0 Å². The van der Waals surface area contributed by atoms with Crippen LogP contribution >= 0.6 is 0 Å². The fourth-order valence-electron chi connectivity index (χ4n) is 4.16. The highest BCUT2D eigenvalue weighted by Gasteiger charge is 2.27. The number of carbonyl (C=O) groups is 1. The number of pyridine rings is 2. The van der Waals surface area contributed by atoms with E-state index in [1.165, 1.54) is 16.7 Å². The molecule has 1 amide bonds. The molecule has 3 heterocycles. The van der Waals surface area contributed by atoms with Gasteiger partial charge in [-0.05, 0) is 74.1 Å². The monoisotopic (exact) mass is 385 g/mol. The van der Waals surface area contributed by atoms with Gasteiger partial charge in [-0.1, -0.05) is 30.3 Å². The highest BCUT2D eigenvalue weighted by atomic mass is 16.2. The predicted molar refractivity (Wildman–Crippen MR) is 115 cm³/mol. The third kappa shape index (κ3) is 4.53. The maximum absolute atomic E-state index is 12.8. The van der Waals surface area contributed by atoms with E-state index in [2.05, 4.69) is 55.2 Å². The lowest BCUT2D eigenvalue weighted by atomic mass is 9.91. The van der Waals surface area contributed by atoms with Gasteiger partial charge in [-0.15, -0.1) is 0 Å². The molecule has 1 saturated heterocycles. The molecular formula is C25H27N3O. The number of nitrogens with zero attached hydrogens (tertiary/aromatic N) is 3. The van der Waals surface area contributed by atoms with E-state index in [0.29, 0.717) is 12.2 Å². The number of carbonyl (C=O) groups excluding carboxylic acids is 1. The van der Waals surface area contributed by atoms with Gasteiger partial charge in [-0.2, -0.15) is 0 Å². The fourth-order valence-corrected chi connectivity index (χ4v) is 4.16. The topological polar surface area (TPSA) is 46.1 Å². The maximum Gasteiger partial charge on any atom is 0.272 e. The van der Waals surface area contributed by atoms with Crippen molar-refractivity contribution in [2.45, 2.75) is 39.0 Å². The Bertz CT molecular complexity index is 1000. The lowest BCUT2D eigenvalue weighted by Gasteiger charge is -2.32. The van der Waals surface area contributed by atoms with E-state index < -0.39 is 0 Å². The van der Waals surface area contributed by atoms with Crippen molar-refractivity contribution in [1.29, 1.82) is 0 Å². The number of hydrogen-bond donors (Lipinski definition) is 0. The van der Waals surface area contributed by atoms with Crippen LogP contribution in [0.25, 0.3) is 0 Å². The van der Waals surface area contributed by atoms with Crippen LogP contribution in [-0.2, 0) is 6.42 Å². The molecule has 2 aromatic heterocycles. The first-order valence-electron chi connectivity index (χ1n) is 10.3. The summed E-state index contributed by atoms with van der Waals surface area (Å²) in [6.45, 7) is 5.71. The van der Waals surface area contributed by atoms with Crippen LogP contribution < -0.4 is 0 Å². The molecule has 1 aliphatic rings. The van der Waals surface area contributed by atoms with Gasteiger partial charge in [0.05, 0.1) is 0 Å². The number of rotatable bonds is 4. The molecule has 1 aromatic carbocycles. The molecule has 0 saturated carbocycles. The molecule has 4 rings (SSSR count). The summed E-state index contributed by atoms with van der Waals surface area (Å²) in [6.07, 6.45) is 4.64. The second-order valence-corrected chi connectivity index (χ2v) is 7.95. The Morgan fingerprint density at radius 3 is 2.72 bits per heavy atom. The third-order valence-electron chi connectivity index (χ3n) is 5.70. The Kier molecular flexibility index (Phi) is 5.70. The van der Waals surface area contributed by atoms with Crippen LogP contribution in [0, 0.1) is 13.8 Å². The molecule has 1 aliphatic heterocycles. The Morgan fingerprint density at radius 1 is 1.10 bits per heavy atom. The van der Waals surface area contributed by atoms with Gasteiger partial charge in [0.15, 0.2) is 0 Å². The maximum atomic E-state index is 12.8. The molecule has 0 unspecified atom stereocenters. The summed E-state index contributed by atoms with van der Waals surface area (Å²) >= 11 is 0. The first-order valence-corrected chi connectivity index (χ1v) is 10.3. The molecule has 0 radical (unpaired) electrons. The van der Waals surface area contributed by atoms with Crippen molar-refractivity contribution in [3.05, 3.63) is 94.6 Å². The summed E-state index contributed by atoms with van der Waals surface area (Å²) in [4.78, 5) is 23.8. The largest absolute Gasteiger partial charge is 0.337 e. The summed E-state index contributed by atoms with van der Waals surface area (Å²) in [7, 11) is 0. The van der Waals surface area contributed by atoms with Gasteiger partial charge in [0, 0.05) is 36.6 Å². The van der Waals surface area contributed by atoms with Crippen LogP contribution in [0.2, 0.25) is 0 Å². The van der Waals surface area contributed by atoms with E-state index in [9.17, 15) is 4.79 Å². The zero-order valence-electron chi connectivity index (χ0n) is 17.1. The highest BCUT2D eigenvalue weighted by molar-refractivity contribution is 5.92. The van der Waals surface area contributed by atoms with Crippen molar-refractivity contribution in [1.82, 2.24) is 14.9 Å². The number of hydrogen-bond acceptors (Lipinski definition) is 3. The molecule has 1 atom stereocenters. The van der Waals surface area contributed by atoms with Crippen molar-refractivity contribution in [2.75, 3.05) is 13.1 Å². The predicted octanol–water partition coefficient (Wildman–Crippen LogP) is 4.70. The number of benzene rings is 1. The average Bonchev–Trinajstić information content (AvgIpc) is 2.75. The number of piperidine rings is 1. The molecule has 0 spiro atoms. The highest BCUT2D eigenvalue weighted by Crippen LogP contribution is 2.28. The summed E-state index contributed by atoms with van der Waals surface area (Å²) in [5, 5.41) is 0. The van der Waals surface area contributed by atoms with Crippen LogP contribution in [0.3, 0.4) is 0 Å². The van der Waals surface area contributed by atoms with Gasteiger partial charge in [-0.25, -0.2) is 0 Å². The summed E-state index contributed by atoms with van der Waals surface area (Å²) in [6, 6.07) is 18.4. The van der Waals surface area contributed by atoms with Crippen LogP contribution in [0.15, 0.2) is 60.8 Å². The first-order chi connectivity index (χ1) is 14.1. The number of amides is 1. The molecule has 148 valence electrons. The van der Waals surface area contributed by atoms with Crippen LogP contribution in [0.5, 0.6) is 0 Å². The van der Waals surface area contributed by atoms with E-state index in [1.807, 2.05) is 17.0 Å². The lowest BCUT2D eigenvalue weighted by molar-refractivity contribution is 0.0700. The summed E-state index contributed by atoms with van der Waals surface area (Å²) in [5.41, 5.74) is 6.61. The second kappa shape index (κ2) is 8.56. The molecule has 3 aromatic rings. The molecule has 4 nitrogen and oxygen atoms in total. The van der Waals surface area contributed by atoms with Gasteiger partial charge < -0.3 is 4.90 Å². The lowest BCUT2D eigenvalue weighted by Crippen LogP contribution is -2.39. The number of aromatic nitrogens is 2. The van der Waals surface area contributed by atoms with Crippen LogP contribution in [0.4, 0.5) is 0 Å². The van der Waals surface area contributed by atoms with Gasteiger partial charge in [-0.3, -0.25) is 14.8 Å². The summed E-state index contributed by atoms with van der Waals surface area (Å²) in [5.74, 6) is 0.287. The summed E-state index contributed by atoms with van der Waals surface area (Å²) < 4.78 is 0. The van der Waals surface area contributed by atoms with Crippen molar-refractivity contribution in [2.24, 2.45) is 0 Å². The van der Waals surface area contributed by atoms with Crippen LogP contribution in [0.1, 0.15) is 57.3 Å². The molecule has 0 N–H and O–H groups in total. The Hall–Kier alpha value is -3.01. The molecule has 0 aliphatic carbocycles. The van der Waals surface area contributed by atoms with E-state index in [0.717, 1.165) is 37.2 Å². The zero-order chi connectivity index (χ0) is 20.2. The van der Waals surface area contributed by atoms with Crippen molar-refractivity contribution in [3.63, 3.8) is 0 Å². The van der Waals surface area contributed by atoms with E-state index >= 15 is 0 Å². The number of likely N-dealkylation sites (tertiary alicyclic amines) is 1. The minimum atomic E-state index is 0.0167. The second-order valence-electron chi connectivity index (χ2n) is 7.95. The normalized spacial score (nSPS) is 16.6. The smallest absolute Gasteiger partial charge is 0.272 e. The Morgan fingerprint density at radius 2 is 1.93 bits per heavy atom. The minimum absolute atomic E-state index is 0.0167. The van der Waals surface area contributed by atoms with Crippen molar-refractivity contribution < 1.29 is 4.79 Å². The standard InChI is InChI=1S/C25H27N3O/c1-18-8-3-4-9-21(18)15-20-14-19(2)27-24(16-20)22-10-7-13-28(17-22)25(29)23-11-5-6-12-26-23/h3-6,8-9,11-12,14,16,22H,7,10,13,15,17H2,1-2H3/t22-/m0/s1. The Labute approximate surface area is 172 Å². The molecule has 29 heavy (non-hydrogen) atoms. The quantitative estimate of drug-likeness (QED) is 0.654. The molecule has 4 heteroatoms. The SMILES string of the molecule is Cc1cc(Cc2ccccc2C)cc([C@H]2CCCN(C(=O)c3ccccn3)C2)n1. The zero-order valence-corrected chi connectivity index (χ0v) is 17.1. The molecule has 0 bridgehead atoms. The number of aryl methyl sites for hydroxylation is 2. The minimum Gasteiger partial charge on any atom is -0.337 e. The van der Waals surface area contributed by atoms with Gasteiger partial charge in [0.1, 0.15) is 5.69 Å². The van der Waals surface area contributed by atoms with Crippen molar-refractivity contribution >= 4 is 5.91 Å². The Balaban J connectivity index is 1.54. The van der Waals surface area contributed by atoms with Gasteiger partial charge >= 0.3 is 0 Å². The van der Waals surface area contributed by atoms with E-state index in [1.54, 1.807) is 12.3 Å². The third-order valence-corrected chi connectivity index (χ3v) is 5.70. The first kappa shape index (κ1) is 19.3. The van der Waals surface area contributed by atoms with E-state index in [-0.39, 0.29) is 11.8 Å². The fraction of sp³-hybridized carbons (Fsp3) is 0.320.